The van der Waals surface area contributed by atoms with Gasteiger partial charge in [0.2, 0.25) is 5.52 Å². The molecule has 0 saturated carbocycles. The molecule has 0 atom stereocenters. The van der Waals surface area contributed by atoms with Crippen molar-refractivity contribution in [1.29, 1.82) is 0 Å². The van der Waals surface area contributed by atoms with Crippen molar-refractivity contribution in [3.05, 3.63) is 183 Å². The Hall–Kier alpha value is -7.01. The van der Waals surface area contributed by atoms with Gasteiger partial charge in [-0.1, -0.05) is 36.4 Å². The third-order valence-electron chi connectivity index (χ3n) is 10.5. The highest BCUT2D eigenvalue weighted by Gasteiger charge is 2.52. The molecule has 66 heavy (non-hydrogen) atoms. The van der Waals surface area contributed by atoms with Crippen LogP contribution in [0.2, 0.25) is 0 Å². The van der Waals surface area contributed by atoms with Crippen molar-refractivity contribution in [2.45, 2.75) is 6.54 Å². The van der Waals surface area contributed by atoms with E-state index in [0.29, 0.717) is 13.2 Å². The van der Waals surface area contributed by atoms with Crippen LogP contribution in [0.15, 0.2) is 60.8 Å². The van der Waals surface area contributed by atoms with Crippen molar-refractivity contribution < 1.29 is 102 Å². The van der Waals surface area contributed by atoms with Gasteiger partial charge in [-0.05, 0) is 6.07 Å². The standard InChI is InChI=1S/C24BF20.C18H16NO2/c26-5-1(6(27)14(35)21(42)13(5)34)25(2-7(28)15(36)22(43)16(37)8(2)29,3-9(30)17(38)23(44)18(39)10(3)31)4-11(32)19(40)24(45)20(41)12(4)33;1-2-5-14(6-3-1)13-19-10-9-17-18-15(19)7-4-8-16(18)20-11-12-21-17/h;1-10H,11-13H2/q-1;+1. The number of hydrogen-bond donors (Lipinski definition) is 0. The Morgan fingerprint density at radius 2 is 0.652 bits per heavy atom. The van der Waals surface area contributed by atoms with Gasteiger partial charge in [0.15, 0.2) is 82.5 Å². The van der Waals surface area contributed by atoms with E-state index in [4.69, 9.17) is 9.47 Å². The zero-order valence-corrected chi connectivity index (χ0v) is 31.8. The molecule has 0 saturated heterocycles. The van der Waals surface area contributed by atoms with E-state index in [1.807, 2.05) is 24.3 Å². The van der Waals surface area contributed by atoms with Gasteiger partial charge >= 0.3 is 0 Å². The molecule has 344 valence electrons. The summed E-state index contributed by atoms with van der Waals surface area (Å²) in [6, 6.07) is 18.6. The molecule has 0 fully saturated rings. The van der Waals surface area contributed by atoms with Gasteiger partial charge in [0.25, 0.3) is 0 Å². The van der Waals surface area contributed by atoms with Crippen LogP contribution < -0.4 is 35.9 Å². The lowest BCUT2D eigenvalue weighted by molar-refractivity contribution is -0.662. The van der Waals surface area contributed by atoms with Crippen molar-refractivity contribution in [2.75, 3.05) is 13.2 Å². The lowest BCUT2D eigenvalue weighted by Crippen LogP contribution is -2.81. The molecule has 3 nitrogen and oxygen atoms in total. The van der Waals surface area contributed by atoms with Gasteiger partial charge in [0.1, 0.15) is 82.8 Å². The highest BCUT2D eigenvalue weighted by Crippen LogP contribution is 2.34. The van der Waals surface area contributed by atoms with E-state index < -0.39 is 144 Å². The lowest BCUT2D eigenvalue weighted by atomic mass is 9.12. The molecule has 0 spiro atoms. The zero-order valence-electron chi connectivity index (χ0n) is 31.8. The summed E-state index contributed by atoms with van der Waals surface area (Å²) in [7, 11) is 0. The second kappa shape index (κ2) is 17.4. The Morgan fingerprint density at radius 1 is 0.348 bits per heavy atom. The minimum atomic E-state index is -7.22. The maximum atomic E-state index is 15.4. The Bertz CT molecular complexity index is 2740. The monoisotopic (exact) mass is 957 g/mol. The van der Waals surface area contributed by atoms with Crippen molar-refractivity contribution in [1.82, 2.24) is 0 Å². The van der Waals surface area contributed by atoms with Crippen LogP contribution in [-0.4, -0.2) is 19.4 Å². The fourth-order valence-corrected chi connectivity index (χ4v) is 7.66. The van der Waals surface area contributed by atoms with Crippen LogP contribution in [0.3, 0.4) is 0 Å². The summed E-state index contributed by atoms with van der Waals surface area (Å²) < 4.78 is 308. The third kappa shape index (κ3) is 7.07. The number of halogens is 20. The summed E-state index contributed by atoms with van der Waals surface area (Å²) in [5.41, 5.74) is -11.9. The summed E-state index contributed by atoms with van der Waals surface area (Å²) in [4.78, 5) is 0. The summed E-state index contributed by atoms with van der Waals surface area (Å²) >= 11 is 0. The Morgan fingerprint density at radius 3 is 0.985 bits per heavy atom. The normalized spacial score (nSPS) is 12.4. The van der Waals surface area contributed by atoms with Crippen LogP contribution in [0.25, 0.3) is 10.9 Å². The molecule has 0 unspecified atom stereocenters. The number of pyridine rings is 1. The largest absolute Gasteiger partial charge is 0.489 e. The van der Waals surface area contributed by atoms with Crippen LogP contribution >= 0.6 is 0 Å². The molecule has 0 aliphatic carbocycles. The molecule has 0 N–H and O–H groups in total. The van der Waals surface area contributed by atoms with Gasteiger partial charge in [0.05, 0.1) is 0 Å². The van der Waals surface area contributed by atoms with Crippen molar-refractivity contribution in [3.8, 4) is 11.5 Å². The minimum Gasteiger partial charge on any atom is -0.489 e. The zero-order chi connectivity index (χ0) is 48.4. The summed E-state index contributed by atoms with van der Waals surface area (Å²) in [5.74, 6) is -69.6. The number of ether oxygens (including phenoxy) is 2. The van der Waals surface area contributed by atoms with Gasteiger partial charge in [-0.25, -0.2) is 87.8 Å². The summed E-state index contributed by atoms with van der Waals surface area (Å²) in [6.07, 6.45) is -5.13. The first-order valence-corrected chi connectivity index (χ1v) is 18.1. The first-order valence-electron chi connectivity index (χ1n) is 18.1. The van der Waals surface area contributed by atoms with Gasteiger partial charge < -0.3 is 9.47 Å². The predicted octanol–water partition coefficient (Wildman–Crippen LogP) is 8.79. The average molecular weight is 957 g/mol. The molecule has 0 bridgehead atoms. The molecule has 8 rings (SSSR count). The Labute approximate surface area is 354 Å². The first kappa shape index (κ1) is 47.0. The number of nitrogens with zero attached hydrogens (tertiary/aromatic N) is 1. The van der Waals surface area contributed by atoms with Crippen LogP contribution in [-0.2, 0) is 6.54 Å². The molecule has 1 aliphatic heterocycles. The fraction of sp³-hybridized carbons (Fsp3) is 0.0714. The number of aromatic nitrogens is 1. The maximum Gasteiger partial charge on any atom is 0.220 e. The Balaban J connectivity index is 0.000000254. The third-order valence-corrected chi connectivity index (χ3v) is 10.5. The molecule has 7 aromatic rings. The predicted molar refractivity (Wildman–Crippen MR) is 190 cm³/mol. The van der Waals surface area contributed by atoms with E-state index in [9.17, 15) is 52.7 Å². The summed E-state index contributed by atoms with van der Waals surface area (Å²) in [5, 5.41) is 1.06. The van der Waals surface area contributed by atoms with Gasteiger partial charge in [-0.3, -0.25) is 0 Å². The highest BCUT2D eigenvalue weighted by atomic mass is 19.2. The van der Waals surface area contributed by atoms with E-state index in [1.54, 1.807) is 0 Å². The van der Waals surface area contributed by atoms with Crippen LogP contribution in [0.4, 0.5) is 87.8 Å². The lowest BCUT2D eigenvalue weighted by Gasteiger charge is -2.44. The van der Waals surface area contributed by atoms with E-state index in [2.05, 4.69) is 41.1 Å². The van der Waals surface area contributed by atoms with Crippen molar-refractivity contribution in [2.24, 2.45) is 0 Å². The minimum absolute atomic E-state index is 0.590. The average Bonchev–Trinajstić information content (AvgIpc) is 3.53. The Kier molecular flexibility index (Phi) is 12.4. The molecule has 24 heteroatoms. The van der Waals surface area contributed by atoms with Crippen LogP contribution in [0.1, 0.15) is 5.56 Å². The van der Waals surface area contributed by atoms with Gasteiger partial charge in [-0.15, -0.1) is 21.9 Å². The molecule has 1 aromatic heterocycles. The molecule has 2 heterocycles. The topological polar surface area (TPSA) is 22.3 Å². The summed E-state index contributed by atoms with van der Waals surface area (Å²) in [6.45, 7) is 2.01. The molecule has 6 aromatic carbocycles. The maximum absolute atomic E-state index is 15.4. The van der Waals surface area contributed by atoms with Crippen molar-refractivity contribution >= 4 is 38.9 Å². The molecular formula is C42H16BF20NO2. The smallest absolute Gasteiger partial charge is 0.220 e. The van der Waals surface area contributed by atoms with Gasteiger partial charge in [0, 0.05) is 17.7 Å². The second-order valence-corrected chi connectivity index (χ2v) is 13.9. The number of rotatable bonds is 6. The SMILES string of the molecule is Fc1c(F)c(F)c([B-](c2c(F)c(F)c(F)c(F)c2F)(c2c(F)c(F)c(F)c(F)c2F)c2c(F)c(F)c(F)c(F)c2F)c(F)c1F.c1ccc(C[n+]2ccc3c4c(cccc42)OCCO3)cc1. The highest BCUT2D eigenvalue weighted by molar-refractivity contribution is 7.20. The molecule has 1 aliphatic rings. The van der Waals surface area contributed by atoms with Crippen LogP contribution in [0.5, 0.6) is 11.5 Å². The second-order valence-electron chi connectivity index (χ2n) is 13.9. The van der Waals surface area contributed by atoms with E-state index >= 15 is 35.1 Å². The quantitative estimate of drug-likeness (QED) is 0.0548. The number of benzene rings is 6. The number of hydrogen-bond acceptors (Lipinski definition) is 2. The molecular weight excluding hydrogens is 941 g/mol. The molecule has 0 radical (unpaired) electrons. The van der Waals surface area contributed by atoms with Crippen molar-refractivity contribution in [3.63, 3.8) is 0 Å². The van der Waals surface area contributed by atoms with E-state index in [0.717, 1.165) is 28.9 Å². The van der Waals surface area contributed by atoms with E-state index in [-0.39, 0.29) is 0 Å². The fourth-order valence-electron chi connectivity index (χ4n) is 7.66. The van der Waals surface area contributed by atoms with Gasteiger partial charge in [-0.2, -0.15) is 4.57 Å². The van der Waals surface area contributed by atoms with Crippen LogP contribution in [0, 0.1) is 116 Å². The molecule has 0 amide bonds. The van der Waals surface area contributed by atoms with E-state index in [1.165, 1.54) is 5.56 Å². The first-order chi connectivity index (χ1) is 31.1.